The van der Waals surface area contributed by atoms with Gasteiger partial charge in [0, 0.05) is 5.56 Å². The largest absolute Gasteiger partial charge is 0.507 e. The molecule has 162 valence electrons. The van der Waals surface area contributed by atoms with Crippen LogP contribution >= 0.6 is 11.3 Å². The van der Waals surface area contributed by atoms with Crippen LogP contribution in [-0.2, 0) is 9.59 Å². The number of Topliss-reactive ketones (excluding diaryl/α,β-unsaturated/α-hetero) is 1. The van der Waals surface area contributed by atoms with Crippen molar-refractivity contribution in [2.75, 3.05) is 18.1 Å². The van der Waals surface area contributed by atoms with Gasteiger partial charge in [-0.1, -0.05) is 41.2 Å². The molecule has 0 radical (unpaired) electrons. The van der Waals surface area contributed by atoms with E-state index in [-0.39, 0.29) is 11.3 Å². The molecule has 1 amide bonds. The summed E-state index contributed by atoms with van der Waals surface area (Å²) in [5.74, 6) is -0.787. The molecule has 32 heavy (non-hydrogen) atoms. The van der Waals surface area contributed by atoms with Crippen LogP contribution in [-0.4, -0.2) is 40.2 Å². The van der Waals surface area contributed by atoms with E-state index in [0.29, 0.717) is 46.0 Å². The quantitative estimate of drug-likeness (QED) is 0.371. The normalized spacial score (nSPS) is 19.4. The third-order valence-corrected chi connectivity index (χ3v) is 6.21. The van der Waals surface area contributed by atoms with Crippen molar-refractivity contribution in [1.82, 2.24) is 10.2 Å². The smallest absolute Gasteiger partial charge is 0.301 e. The Morgan fingerprint density at radius 1 is 1.03 bits per heavy atom. The number of aliphatic hydroxyl groups excluding tert-OH is 1. The maximum absolute atomic E-state index is 13.1. The molecule has 1 saturated heterocycles. The number of hydrogen-bond acceptors (Lipinski definition) is 8. The number of rotatable bonds is 3. The molecule has 2 aliphatic rings. The summed E-state index contributed by atoms with van der Waals surface area (Å²) in [6.07, 6.45) is 0. The van der Waals surface area contributed by atoms with Gasteiger partial charge in [-0.25, -0.2) is 0 Å². The first-order chi connectivity index (χ1) is 15.4. The van der Waals surface area contributed by atoms with Crippen LogP contribution in [0.4, 0.5) is 5.13 Å². The second kappa shape index (κ2) is 7.76. The van der Waals surface area contributed by atoms with Crippen molar-refractivity contribution >= 4 is 33.9 Å². The summed E-state index contributed by atoms with van der Waals surface area (Å²) in [5, 5.41) is 20.3. The number of anilines is 1. The van der Waals surface area contributed by atoms with Gasteiger partial charge in [-0.15, -0.1) is 10.2 Å². The monoisotopic (exact) mass is 449 g/mol. The van der Waals surface area contributed by atoms with Gasteiger partial charge in [0.15, 0.2) is 11.5 Å². The van der Waals surface area contributed by atoms with E-state index in [2.05, 4.69) is 10.2 Å². The summed E-state index contributed by atoms with van der Waals surface area (Å²) < 4.78 is 11.1. The number of amides is 1. The van der Waals surface area contributed by atoms with Crippen LogP contribution in [0.2, 0.25) is 0 Å². The van der Waals surface area contributed by atoms with Crippen molar-refractivity contribution in [3.8, 4) is 11.5 Å². The van der Waals surface area contributed by atoms with Gasteiger partial charge in [0.05, 0.1) is 11.6 Å². The minimum Gasteiger partial charge on any atom is -0.507 e. The van der Waals surface area contributed by atoms with Gasteiger partial charge in [-0.3, -0.25) is 14.5 Å². The van der Waals surface area contributed by atoms with Crippen LogP contribution < -0.4 is 14.4 Å². The zero-order valence-electron chi connectivity index (χ0n) is 17.4. The molecule has 0 bridgehead atoms. The Morgan fingerprint density at radius 2 is 1.75 bits per heavy atom. The number of aliphatic hydroxyl groups is 1. The van der Waals surface area contributed by atoms with Gasteiger partial charge in [0.1, 0.15) is 24.0 Å². The van der Waals surface area contributed by atoms with E-state index in [1.54, 1.807) is 25.1 Å². The molecule has 9 heteroatoms. The molecule has 3 aromatic rings. The average molecular weight is 449 g/mol. The number of aryl methyl sites for hydroxylation is 2. The molecule has 0 unspecified atom stereocenters. The summed E-state index contributed by atoms with van der Waals surface area (Å²) in [4.78, 5) is 27.5. The Kier molecular flexibility index (Phi) is 4.90. The second-order valence-electron chi connectivity index (χ2n) is 7.54. The molecule has 5 rings (SSSR count). The van der Waals surface area contributed by atoms with Crippen molar-refractivity contribution in [2.45, 2.75) is 19.9 Å². The van der Waals surface area contributed by atoms with Crippen molar-refractivity contribution in [3.63, 3.8) is 0 Å². The van der Waals surface area contributed by atoms with E-state index in [0.717, 1.165) is 5.56 Å². The highest BCUT2D eigenvalue weighted by atomic mass is 32.1. The summed E-state index contributed by atoms with van der Waals surface area (Å²) in [5.41, 5.74) is 2.06. The number of ether oxygens (including phenoxy) is 2. The van der Waals surface area contributed by atoms with Gasteiger partial charge < -0.3 is 14.6 Å². The van der Waals surface area contributed by atoms with Gasteiger partial charge in [-0.05, 0) is 37.6 Å². The Balaban J connectivity index is 1.69. The zero-order valence-corrected chi connectivity index (χ0v) is 18.2. The third kappa shape index (κ3) is 3.31. The fourth-order valence-electron chi connectivity index (χ4n) is 3.82. The van der Waals surface area contributed by atoms with E-state index >= 15 is 0 Å². The SMILES string of the molecule is Cc1ccc([C@H]2C(=C(O)c3ccc4c(c3)OCCO4)C(=O)C(=O)N2c2nnc(C)s2)cc1. The molecule has 2 aliphatic heterocycles. The lowest BCUT2D eigenvalue weighted by molar-refractivity contribution is -0.132. The van der Waals surface area contributed by atoms with Gasteiger partial charge >= 0.3 is 5.91 Å². The first-order valence-electron chi connectivity index (χ1n) is 10.0. The van der Waals surface area contributed by atoms with Crippen molar-refractivity contribution in [1.29, 1.82) is 0 Å². The van der Waals surface area contributed by atoms with Crippen molar-refractivity contribution in [2.24, 2.45) is 0 Å². The van der Waals surface area contributed by atoms with Crippen LogP contribution in [0.5, 0.6) is 11.5 Å². The fraction of sp³-hybridized carbons (Fsp3) is 0.217. The zero-order chi connectivity index (χ0) is 22.4. The molecule has 0 aliphatic carbocycles. The first kappa shape index (κ1) is 20.2. The number of fused-ring (bicyclic) bond motifs is 1. The topological polar surface area (TPSA) is 102 Å². The average Bonchev–Trinajstić information content (AvgIpc) is 3.34. The van der Waals surface area contributed by atoms with Crippen LogP contribution in [0, 0.1) is 13.8 Å². The number of carbonyl (C=O) groups is 2. The number of carbonyl (C=O) groups excluding carboxylic acids is 2. The van der Waals surface area contributed by atoms with E-state index < -0.39 is 17.7 Å². The maximum atomic E-state index is 13.1. The number of ketones is 1. The fourth-order valence-corrected chi connectivity index (χ4v) is 4.54. The van der Waals surface area contributed by atoms with Gasteiger partial charge in [0.2, 0.25) is 5.13 Å². The van der Waals surface area contributed by atoms with Gasteiger partial charge in [0.25, 0.3) is 5.78 Å². The molecule has 8 nitrogen and oxygen atoms in total. The Bertz CT molecular complexity index is 1260. The molecule has 2 aromatic carbocycles. The lowest BCUT2D eigenvalue weighted by Gasteiger charge is -2.23. The standard InChI is InChI=1S/C23H19N3O5S/c1-12-3-5-14(6-4-12)19-18(21(28)22(29)26(19)23-25-24-13(2)32-23)20(27)15-7-8-16-17(11-15)31-10-9-30-16/h3-8,11,19,27H,9-10H2,1-2H3/t19-/m0/s1. The third-order valence-electron chi connectivity index (χ3n) is 5.37. The predicted molar refractivity (Wildman–Crippen MR) is 118 cm³/mol. The Morgan fingerprint density at radius 3 is 2.44 bits per heavy atom. The summed E-state index contributed by atoms with van der Waals surface area (Å²) >= 11 is 1.21. The molecule has 0 saturated carbocycles. The molecule has 0 spiro atoms. The lowest BCUT2D eigenvalue weighted by Crippen LogP contribution is -2.29. The van der Waals surface area contributed by atoms with E-state index in [4.69, 9.17) is 9.47 Å². The summed E-state index contributed by atoms with van der Waals surface area (Å²) in [6.45, 7) is 4.55. The molecule has 1 N–H and O–H groups in total. The molecule has 1 aromatic heterocycles. The number of hydrogen-bond donors (Lipinski definition) is 1. The van der Waals surface area contributed by atoms with Crippen LogP contribution in [0.15, 0.2) is 48.0 Å². The van der Waals surface area contributed by atoms with Crippen LogP contribution in [0.1, 0.15) is 27.7 Å². The highest BCUT2D eigenvalue weighted by Crippen LogP contribution is 2.43. The highest BCUT2D eigenvalue weighted by Gasteiger charge is 2.48. The maximum Gasteiger partial charge on any atom is 0.301 e. The minimum atomic E-state index is -0.837. The number of benzene rings is 2. The molecule has 3 heterocycles. The van der Waals surface area contributed by atoms with E-state index in [1.807, 2.05) is 31.2 Å². The predicted octanol–water partition coefficient (Wildman–Crippen LogP) is 3.55. The molecular weight excluding hydrogens is 430 g/mol. The summed E-state index contributed by atoms with van der Waals surface area (Å²) in [6, 6.07) is 11.5. The van der Waals surface area contributed by atoms with E-state index in [1.165, 1.54) is 16.2 Å². The molecule has 1 atom stereocenters. The van der Waals surface area contributed by atoms with Gasteiger partial charge in [-0.2, -0.15) is 0 Å². The van der Waals surface area contributed by atoms with E-state index in [9.17, 15) is 14.7 Å². The molecular formula is C23H19N3O5S. The first-order valence-corrected chi connectivity index (χ1v) is 10.8. The Labute approximate surface area is 187 Å². The minimum absolute atomic E-state index is 0.0108. The number of nitrogens with zero attached hydrogens (tertiary/aromatic N) is 3. The van der Waals surface area contributed by atoms with Crippen molar-refractivity contribution < 1.29 is 24.2 Å². The highest BCUT2D eigenvalue weighted by molar-refractivity contribution is 7.15. The Hall–Kier alpha value is -3.72. The van der Waals surface area contributed by atoms with Crippen LogP contribution in [0.25, 0.3) is 5.76 Å². The number of aromatic nitrogens is 2. The second-order valence-corrected chi connectivity index (χ2v) is 8.70. The molecule has 1 fully saturated rings. The van der Waals surface area contributed by atoms with Crippen LogP contribution in [0.3, 0.4) is 0 Å². The lowest BCUT2D eigenvalue weighted by atomic mass is 9.94. The van der Waals surface area contributed by atoms with Crippen molar-refractivity contribution in [3.05, 3.63) is 69.7 Å². The summed E-state index contributed by atoms with van der Waals surface area (Å²) in [7, 11) is 0.